The molecule has 2 aromatic rings. The predicted molar refractivity (Wildman–Crippen MR) is 60.2 cm³/mol. The van der Waals surface area contributed by atoms with Crippen LogP contribution in [0.1, 0.15) is 11.4 Å². The molecule has 0 atom stereocenters. The lowest BCUT2D eigenvalue weighted by molar-refractivity contribution is 0.266. The zero-order valence-electron chi connectivity index (χ0n) is 9.13. The van der Waals surface area contributed by atoms with Gasteiger partial charge >= 0.3 is 0 Å². The lowest BCUT2D eigenvalue weighted by Gasteiger charge is -2.10. The second kappa shape index (κ2) is 4.81. The van der Waals surface area contributed by atoms with E-state index in [-0.39, 0.29) is 6.61 Å². The van der Waals surface area contributed by atoms with Crippen LogP contribution in [0, 0.1) is 0 Å². The van der Waals surface area contributed by atoms with Crippen molar-refractivity contribution in [3.05, 3.63) is 48.0 Å². The average molecular weight is 218 g/mol. The van der Waals surface area contributed by atoms with Crippen molar-refractivity contribution in [2.75, 3.05) is 7.11 Å². The molecule has 0 aliphatic rings. The second-order valence-corrected chi connectivity index (χ2v) is 3.44. The van der Waals surface area contributed by atoms with E-state index in [4.69, 9.17) is 9.84 Å². The number of imidazole rings is 1. The van der Waals surface area contributed by atoms with E-state index in [1.807, 2.05) is 35.0 Å². The Balaban J connectivity index is 2.26. The summed E-state index contributed by atoms with van der Waals surface area (Å²) in [7, 11) is 1.65. The van der Waals surface area contributed by atoms with Crippen LogP contribution in [0.15, 0.2) is 36.7 Å². The molecular weight excluding hydrogens is 204 g/mol. The summed E-state index contributed by atoms with van der Waals surface area (Å²) in [4.78, 5) is 4.06. The van der Waals surface area contributed by atoms with Crippen molar-refractivity contribution < 1.29 is 9.84 Å². The smallest absolute Gasteiger partial charge is 0.134 e. The van der Waals surface area contributed by atoms with Gasteiger partial charge in [0, 0.05) is 18.0 Å². The molecule has 0 unspecified atom stereocenters. The molecule has 0 aliphatic carbocycles. The van der Waals surface area contributed by atoms with E-state index in [9.17, 15) is 0 Å². The highest BCUT2D eigenvalue weighted by atomic mass is 16.5. The maximum Gasteiger partial charge on any atom is 0.134 e. The van der Waals surface area contributed by atoms with Gasteiger partial charge in [0.05, 0.1) is 13.7 Å². The predicted octanol–water partition coefficient (Wildman–Crippen LogP) is 1.43. The lowest BCUT2D eigenvalue weighted by atomic mass is 10.2. The fraction of sp³-hybridized carbons (Fsp3) is 0.250. The van der Waals surface area contributed by atoms with E-state index in [0.29, 0.717) is 12.4 Å². The molecule has 0 fully saturated rings. The molecule has 0 radical (unpaired) electrons. The Morgan fingerprint density at radius 3 is 2.94 bits per heavy atom. The number of aromatic nitrogens is 2. The Labute approximate surface area is 94.1 Å². The van der Waals surface area contributed by atoms with Crippen molar-refractivity contribution in [3.63, 3.8) is 0 Å². The Hall–Kier alpha value is -1.81. The Morgan fingerprint density at radius 2 is 2.19 bits per heavy atom. The molecule has 0 bridgehead atoms. The highest BCUT2D eigenvalue weighted by Gasteiger charge is 2.05. The van der Waals surface area contributed by atoms with Gasteiger partial charge in [-0.2, -0.15) is 0 Å². The standard InChI is InChI=1S/C12H14N2O2/c1-16-11-5-3-2-4-10(11)8-14-7-6-13-12(14)9-15/h2-7,15H,8-9H2,1H3. The van der Waals surface area contributed by atoms with Crippen molar-refractivity contribution in [2.45, 2.75) is 13.2 Å². The number of methoxy groups -OCH3 is 1. The van der Waals surface area contributed by atoms with Gasteiger partial charge in [0.1, 0.15) is 18.2 Å². The van der Waals surface area contributed by atoms with E-state index in [2.05, 4.69) is 4.98 Å². The van der Waals surface area contributed by atoms with Crippen LogP contribution in [0.25, 0.3) is 0 Å². The maximum atomic E-state index is 9.10. The molecule has 0 aliphatic heterocycles. The summed E-state index contributed by atoms with van der Waals surface area (Å²) in [6.45, 7) is 0.599. The molecule has 84 valence electrons. The summed E-state index contributed by atoms with van der Waals surface area (Å²) in [6, 6.07) is 7.82. The topological polar surface area (TPSA) is 47.3 Å². The first kappa shape index (κ1) is 10.7. The van der Waals surface area contributed by atoms with Gasteiger partial charge in [-0.15, -0.1) is 0 Å². The third-order valence-electron chi connectivity index (χ3n) is 2.48. The fourth-order valence-corrected chi connectivity index (χ4v) is 1.65. The van der Waals surface area contributed by atoms with E-state index in [1.165, 1.54) is 0 Å². The van der Waals surface area contributed by atoms with E-state index >= 15 is 0 Å². The van der Waals surface area contributed by atoms with Crippen molar-refractivity contribution in [2.24, 2.45) is 0 Å². The minimum atomic E-state index is -0.0534. The first-order valence-corrected chi connectivity index (χ1v) is 5.08. The summed E-state index contributed by atoms with van der Waals surface area (Å²) < 4.78 is 7.17. The Kier molecular flexibility index (Phi) is 3.22. The number of aliphatic hydroxyl groups excluding tert-OH is 1. The van der Waals surface area contributed by atoms with Crippen LogP contribution in [0.4, 0.5) is 0 Å². The summed E-state index contributed by atoms with van der Waals surface area (Å²) in [5.74, 6) is 1.51. The van der Waals surface area contributed by atoms with E-state index in [1.54, 1.807) is 13.3 Å². The molecule has 0 saturated heterocycles. The molecule has 1 N–H and O–H groups in total. The van der Waals surface area contributed by atoms with E-state index < -0.39 is 0 Å². The maximum absolute atomic E-state index is 9.10. The summed E-state index contributed by atoms with van der Waals surface area (Å²) in [5, 5.41) is 9.10. The van der Waals surface area contributed by atoms with Crippen LogP contribution in [0.2, 0.25) is 0 Å². The minimum absolute atomic E-state index is 0.0534. The summed E-state index contributed by atoms with van der Waals surface area (Å²) in [5.41, 5.74) is 1.07. The van der Waals surface area contributed by atoms with Gasteiger partial charge in [-0.1, -0.05) is 18.2 Å². The van der Waals surface area contributed by atoms with Gasteiger partial charge in [-0.3, -0.25) is 0 Å². The zero-order chi connectivity index (χ0) is 11.4. The molecule has 0 saturated carbocycles. The molecule has 1 aromatic carbocycles. The van der Waals surface area contributed by atoms with Gasteiger partial charge in [0.2, 0.25) is 0 Å². The number of hydrogen-bond donors (Lipinski definition) is 1. The van der Waals surface area contributed by atoms with Crippen LogP contribution in [0.5, 0.6) is 5.75 Å². The number of benzene rings is 1. The number of hydrogen-bond acceptors (Lipinski definition) is 3. The number of rotatable bonds is 4. The Bertz CT molecular complexity index is 466. The first-order chi connectivity index (χ1) is 7.85. The van der Waals surface area contributed by atoms with Gasteiger partial charge in [0.15, 0.2) is 0 Å². The molecule has 1 aromatic heterocycles. The lowest BCUT2D eigenvalue weighted by Crippen LogP contribution is -2.05. The van der Waals surface area contributed by atoms with Crippen molar-refractivity contribution in [1.82, 2.24) is 9.55 Å². The van der Waals surface area contributed by atoms with Gasteiger partial charge in [0.25, 0.3) is 0 Å². The second-order valence-electron chi connectivity index (χ2n) is 3.44. The summed E-state index contributed by atoms with van der Waals surface area (Å²) in [6.07, 6.45) is 3.53. The molecule has 4 nitrogen and oxygen atoms in total. The first-order valence-electron chi connectivity index (χ1n) is 5.08. The number of para-hydroxylation sites is 1. The minimum Gasteiger partial charge on any atom is -0.496 e. The monoisotopic (exact) mass is 218 g/mol. The van der Waals surface area contributed by atoms with Crippen molar-refractivity contribution in [1.29, 1.82) is 0 Å². The molecule has 1 heterocycles. The van der Waals surface area contributed by atoms with Crippen LogP contribution >= 0.6 is 0 Å². The molecule has 0 spiro atoms. The summed E-state index contributed by atoms with van der Waals surface area (Å²) >= 11 is 0. The molecular formula is C12H14N2O2. The number of aliphatic hydroxyl groups is 1. The largest absolute Gasteiger partial charge is 0.496 e. The van der Waals surface area contributed by atoms with Crippen LogP contribution in [-0.4, -0.2) is 21.8 Å². The third-order valence-corrected chi connectivity index (χ3v) is 2.48. The van der Waals surface area contributed by atoms with Gasteiger partial charge in [-0.05, 0) is 6.07 Å². The highest BCUT2D eigenvalue weighted by Crippen LogP contribution is 2.18. The normalized spacial score (nSPS) is 10.4. The fourth-order valence-electron chi connectivity index (χ4n) is 1.65. The molecule has 2 rings (SSSR count). The highest BCUT2D eigenvalue weighted by molar-refractivity contribution is 5.33. The number of ether oxygens (including phenoxy) is 1. The molecule has 0 amide bonds. The quantitative estimate of drug-likeness (QED) is 0.844. The Morgan fingerprint density at radius 1 is 1.38 bits per heavy atom. The molecule has 16 heavy (non-hydrogen) atoms. The van der Waals surface area contributed by atoms with Crippen LogP contribution < -0.4 is 4.74 Å². The van der Waals surface area contributed by atoms with Gasteiger partial charge < -0.3 is 14.4 Å². The van der Waals surface area contributed by atoms with Crippen LogP contribution in [-0.2, 0) is 13.2 Å². The van der Waals surface area contributed by atoms with E-state index in [0.717, 1.165) is 11.3 Å². The number of nitrogens with zero attached hydrogens (tertiary/aromatic N) is 2. The average Bonchev–Trinajstić information content (AvgIpc) is 2.77. The van der Waals surface area contributed by atoms with Crippen molar-refractivity contribution in [3.8, 4) is 5.75 Å². The van der Waals surface area contributed by atoms with Crippen LogP contribution in [0.3, 0.4) is 0 Å². The molecule has 4 heteroatoms. The SMILES string of the molecule is COc1ccccc1Cn1ccnc1CO. The van der Waals surface area contributed by atoms with Crippen molar-refractivity contribution >= 4 is 0 Å². The third kappa shape index (κ3) is 2.06. The zero-order valence-corrected chi connectivity index (χ0v) is 9.13. The van der Waals surface area contributed by atoms with Gasteiger partial charge in [-0.25, -0.2) is 4.98 Å².